The van der Waals surface area contributed by atoms with Gasteiger partial charge in [-0.1, -0.05) is 11.6 Å². The average molecular weight is 332 g/mol. The van der Waals surface area contributed by atoms with Gasteiger partial charge in [0.25, 0.3) is 0 Å². The molecule has 1 fully saturated rings. The Morgan fingerprint density at radius 1 is 1.43 bits per heavy atom. The van der Waals surface area contributed by atoms with Gasteiger partial charge in [-0.3, -0.25) is 0 Å². The highest BCUT2D eigenvalue weighted by Gasteiger charge is 2.43. The van der Waals surface area contributed by atoms with Gasteiger partial charge in [-0.05, 0) is 6.26 Å². The number of aliphatic hydroxyl groups is 3. The Kier molecular flexibility index (Phi) is 4.08. The lowest BCUT2D eigenvalue weighted by Crippen LogP contribution is -2.33. The van der Waals surface area contributed by atoms with Crippen molar-refractivity contribution in [3.05, 3.63) is 17.5 Å². The molecule has 2 aromatic rings. The first-order valence-electron chi connectivity index (χ1n) is 6.26. The molecule has 0 radical (unpaired) electrons. The van der Waals surface area contributed by atoms with Crippen molar-refractivity contribution in [2.24, 2.45) is 0 Å². The monoisotopic (exact) mass is 331 g/mol. The Morgan fingerprint density at radius 2 is 2.19 bits per heavy atom. The number of pyridine rings is 1. The first-order chi connectivity index (χ1) is 10.1. The summed E-state index contributed by atoms with van der Waals surface area (Å²) in [6, 6.07) is 1.62. The predicted octanol–water partition coefficient (Wildman–Crippen LogP) is 0.418. The van der Waals surface area contributed by atoms with Crippen LogP contribution in [0.2, 0.25) is 5.15 Å². The quantitative estimate of drug-likeness (QED) is 0.553. The molecule has 3 heterocycles. The Morgan fingerprint density at radius 3 is 2.81 bits per heavy atom. The fraction of sp³-hybridized carbons (Fsp3) is 0.500. The van der Waals surface area contributed by atoms with E-state index < -0.39 is 24.5 Å². The Bertz CT molecular complexity index is 667. The van der Waals surface area contributed by atoms with E-state index in [1.807, 2.05) is 6.26 Å². The normalized spacial score (nSPS) is 29.4. The molecule has 3 N–H and O–H groups in total. The SMILES string of the molecule is CSc1nc(Cl)cc2c1ncn2C1OC(CO)C(O)C1O. The molecule has 7 nitrogen and oxygen atoms in total. The summed E-state index contributed by atoms with van der Waals surface area (Å²) in [7, 11) is 0. The minimum Gasteiger partial charge on any atom is -0.394 e. The number of thioether (sulfide) groups is 1. The van der Waals surface area contributed by atoms with Gasteiger partial charge in [-0.15, -0.1) is 11.8 Å². The van der Waals surface area contributed by atoms with Gasteiger partial charge in [-0.25, -0.2) is 9.97 Å². The summed E-state index contributed by atoms with van der Waals surface area (Å²) in [6.07, 6.45) is -0.624. The summed E-state index contributed by atoms with van der Waals surface area (Å²) in [5.74, 6) is 0. The molecule has 0 aromatic carbocycles. The smallest absolute Gasteiger partial charge is 0.164 e. The number of aliphatic hydroxyl groups excluding tert-OH is 3. The van der Waals surface area contributed by atoms with Crippen LogP contribution >= 0.6 is 23.4 Å². The number of imidazole rings is 1. The third-order valence-corrected chi connectivity index (χ3v) is 4.35. The van der Waals surface area contributed by atoms with Crippen molar-refractivity contribution in [3.8, 4) is 0 Å². The zero-order valence-corrected chi connectivity index (χ0v) is 12.6. The van der Waals surface area contributed by atoms with Gasteiger partial charge < -0.3 is 24.6 Å². The van der Waals surface area contributed by atoms with Gasteiger partial charge in [0.15, 0.2) is 6.23 Å². The maximum atomic E-state index is 10.1. The van der Waals surface area contributed by atoms with Crippen LogP contribution in [0.4, 0.5) is 0 Å². The Hall–Kier alpha value is -0.900. The second kappa shape index (κ2) is 5.71. The summed E-state index contributed by atoms with van der Waals surface area (Å²) in [5, 5.41) is 30.1. The zero-order chi connectivity index (χ0) is 15.1. The molecule has 0 spiro atoms. The molecule has 21 heavy (non-hydrogen) atoms. The summed E-state index contributed by atoms with van der Waals surface area (Å²) >= 11 is 7.41. The molecular weight excluding hydrogens is 318 g/mol. The predicted molar refractivity (Wildman–Crippen MR) is 77.3 cm³/mol. The van der Waals surface area contributed by atoms with Crippen molar-refractivity contribution >= 4 is 34.4 Å². The molecule has 4 atom stereocenters. The van der Waals surface area contributed by atoms with E-state index in [-0.39, 0.29) is 6.61 Å². The maximum absolute atomic E-state index is 10.1. The van der Waals surface area contributed by atoms with Crippen LogP contribution in [0.15, 0.2) is 17.4 Å². The van der Waals surface area contributed by atoms with E-state index in [4.69, 9.17) is 21.4 Å². The first-order valence-corrected chi connectivity index (χ1v) is 7.86. The van der Waals surface area contributed by atoms with Crippen molar-refractivity contribution in [2.45, 2.75) is 29.6 Å². The topological polar surface area (TPSA) is 101 Å². The lowest BCUT2D eigenvalue weighted by molar-refractivity contribution is -0.0508. The van der Waals surface area contributed by atoms with Gasteiger partial charge >= 0.3 is 0 Å². The lowest BCUT2D eigenvalue weighted by Gasteiger charge is -2.17. The van der Waals surface area contributed by atoms with E-state index in [0.29, 0.717) is 21.2 Å². The van der Waals surface area contributed by atoms with E-state index in [0.717, 1.165) is 0 Å². The molecule has 0 bridgehead atoms. The van der Waals surface area contributed by atoms with Crippen molar-refractivity contribution in [1.82, 2.24) is 14.5 Å². The summed E-state index contributed by atoms with van der Waals surface area (Å²) < 4.78 is 7.09. The standard InChI is InChI=1S/C12H14ClN3O4S/c1-21-11-8-5(2-7(13)15-11)16(4-14-8)12-10(19)9(18)6(3-17)20-12/h2,4,6,9-10,12,17-19H,3H2,1H3. The molecule has 1 aliphatic heterocycles. The average Bonchev–Trinajstić information content (AvgIpc) is 3.01. The fourth-order valence-electron chi connectivity index (χ4n) is 2.43. The third kappa shape index (κ3) is 2.41. The van der Waals surface area contributed by atoms with Gasteiger partial charge in [0.05, 0.1) is 18.5 Å². The zero-order valence-electron chi connectivity index (χ0n) is 11.0. The van der Waals surface area contributed by atoms with Crippen molar-refractivity contribution in [3.63, 3.8) is 0 Å². The second-order valence-corrected chi connectivity index (χ2v) is 5.88. The van der Waals surface area contributed by atoms with Crippen LogP contribution in [0, 0.1) is 0 Å². The van der Waals surface area contributed by atoms with E-state index in [9.17, 15) is 10.2 Å². The van der Waals surface area contributed by atoms with Crippen LogP contribution in [0.5, 0.6) is 0 Å². The molecule has 2 aromatic heterocycles. The van der Waals surface area contributed by atoms with Crippen LogP contribution in [-0.2, 0) is 4.74 Å². The minimum absolute atomic E-state index is 0.306. The number of fused-ring (bicyclic) bond motifs is 1. The molecule has 9 heteroatoms. The highest BCUT2D eigenvalue weighted by molar-refractivity contribution is 7.98. The number of hydrogen-bond acceptors (Lipinski definition) is 7. The van der Waals surface area contributed by atoms with Crippen LogP contribution in [-0.4, -0.2) is 61.0 Å². The highest BCUT2D eigenvalue weighted by Crippen LogP contribution is 2.34. The molecular formula is C12H14ClN3O4S. The van der Waals surface area contributed by atoms with E-state index in [2.05, 4.69) is 9.97 Å². The number of ether oxygens (including phenoxy) is 1. The van der Waals surface area contributed by atoms with Crippen LogP contribution < -0.4 is 0 Å². The molecule has 0 saturated carbocycles. The van der Waals surface area contributed by atoms with Gasteiger partial charge in [-0.2, -0.15) is 0 Å². The molecule has 3 rings (SSSR count). The van der Waals surface area contributed by atoms with Gasteiger partial charge in [0.2, 0.25) is 0 Å². The molecule has 114 valence electrons. The van der Waals surface area contributed by atoms with Crippen molar-refractivity contribution in [1.29, 1.82) is 0 Å². The largest absolute Gasteiger partial charge is 0.394 e. The van der Waals surface area contributed by atoms with E-state index >= 15 is 0 Å². The van der Waals surface area contributed by atoms with Gasteiger partial charge in [0.1, 0.15) is 34.0 Å². The number of halogens is 1. The molecule has 0 aliphatic carbocycles. The summed E-state index contributed by atoms with van der Waals surface area (Å²) in [6.45, 7) is -0.375. The van der Waals surface area contributed by atoms with E-state index in [1.165, 1.54) is 18.1 Å². The van der Waals surface area contributed by atoms with Crippen molar-refractivity contribution in [2.75, 3.05) is 12.9 Å². The molecule has 0 amide bonds. The fourth-order valence-corrected chi connectivity index (χ4v) is 3.21. The number of rotatable bonds is 3. The van der Waals surface area contributed by atoms with Crippen molar-refractivity contribution < 1.29 is 20.1 Å². The molecule has 1 aliphatic rings. The maximum Gasteiger partial charge on any atom is 0.164 e. The summed E-state index contributed by atoms with van der Waals surface area (Å²) in [5.41, 5.74) is 1.29. The lowest BCUT2D eigenvalue weighted by atomic mass is 10.1. The Labute approximate surface area is 129 Å². The van der Waals surface area contributed by atoms with Gasteiger partial charge in [0, 0.05) is 6.07 Å². The van der Waals surface area contributed by atoms with Crippen LogP contribution in [0.25, 0.3) is 11.0 Å². The highest BCUT2D eigenvalue weighted by atomic mass is 35.5. The number of hydrogen-bond donors (Lipinski definition) is 3. The van der Waals surface area contributed by atoms with Crippen LogP contribution in [0.3, 0.4) is 0 Å². The minimum atomic E-state index is -1.16. The Balaban J connectivity index is 2.07. The van der Waals surface area contributed by atoms with Crippen LogP contribution in [0.1, 0.15) is 6.23 Å². The summed E-state index contributed by atoms with van der Waals surface area (Å²) in [4.78, 5) is 8.46. The molecule has 4 unspecified atom stereocenters. The first kappa shape index (κ1) is 15.0. The van der Waals surface area contributed by atoms with E-state index in [1.54, 1.807) is 10.6 Å². The number of nitrogens with zero attached hydrogens (tertiary/aromatic N) is 3. The second-order valence-electron chi connectivity index (χ2n) is 4.70. The molecule has 1 saturated heterocycles. The number of aromatic nitrogens is 3. The third-order valence-electron chi connectivity index (χ3n) is 3.48.